The molecule has 4 nitrogen and oxygen atoms in total. The maximum atomic E-state index is 12.3. The first-order chi connectivity index (χ1) is 10.6. The molecule has 2 aromatic rings. The Morgan fingerprint density at radius 1 is 1.14 bits per heavy atom. The Morgan fingerprint density at radius 3 is 2.55 bits per heavy atom. The Labute approximate surface area is 137 Å². The molecule has 0 saturated heterocycles. The van der Waals surface area contributed by atoms with E-state index in [4.69, 9.17) is 9.47 Å². The normalized spacial score (nSPS) is 10.7. The minimum atomic E-state index is -0.350. The summed E-state index contributed by atoms with van der Waals surface area (Å²) in [5.74, 6) is 0.513. The van der Waals surface area contributed by atoms with Crippen molar-refractivity contribution in [2.75, 3.05) is 14.2 Å². The van der Waals surface area contributed by atoms with Crippen LogP contribution in [0.2, 0.25) is 0 Å². The Balaban J connectivity index is 2.35. The van der Waals surface area contributed by atoms with Crippen LogP contribution in [0.3, 0.4) is 0 Å². The lowest BCUT2D eigenvalue weighted by molar-refractivity contribution is 0.104. The maximum Gasteiger partial charge on any atom is 0.193 e. The lowest BCUT2D eigenvalue weighted by atomic mass is 10.1. The number of phenols is 1. The highest BCUT2D eigenvalue weighted by atomic mass is 79.9. The summed E-state index contributed by atoms with van der Waals surface area (Å²) in [5, 5.41) is 9.87. The highest BCUT2D eigenvalue weighted by Crippen LogP contribution is 2.29. The summed E-state index contributed by atoms with van der Waals surface area (Å²) < 4.78 is 11.2. The number of carbonyl (C=O) groups is 1. The molecule has 0 aliphatic carbocycles. The summed E-state index contributed by atoms with van der Waals surface area (Å²) in [4.78, 5) is 12.3. The molecule has 2 rings (SSSR count). The predicted octanol–water partition coefficient (Wildman–Crippen LogP) is 4.07. The molecule has 0 bridgehead atoms. The molecule has 0 aromatic heterocycles. The zero-order valence-electron chi connectivity index (χ0n) is 12.2. The van der Waals surface area contributed by atoms with Crippen LogP contribution in [0.5, 0.6) is 17.2 Å². The van der Waals surface area contributed by atoms with Crippen LogP contribution < -0.4 is 9.47 Å². The number of halogens is 1. The third-order valence-corrected chi connectivity index (χ3v) is 3.57. The number of allylic oxidation sites excluding steroid dienone is 1. The van der Waals surface area contributed by atoms with Crippen molar-refractivity contribution in [1.29, 1.82) is 0 Å². The van der Waals surface area contributed by atoms with Gasteiger partial charge in [-0.1, -0.05) is 22.0 Å². The highest BCUT2D eigenvalue weighted by molar-refractivity contribution is 9.10. The number of benzene rings is 2. The first kappa shape index (κ1) is 16.1. The van der Waals surface area contributed by atoms with Crippen molar-refractivity contribution in [2.24, 2.45) is 0 Å². The molecule has 1 N–H and O–H groups in total. The second-order valence-electron chi connectivity index (χ2n) is 4.44. The fraction of sp³-hybridized carbons (Fsp3) is 0.118. The van der Waals surface area contributed by atoms with E-state index in [1.165, 1.54) is 19.3 Å². The number of methoxy groups -OCH3 is 2. The van der Waals surface area contributed by atoms with Crippen molar-refractivity contribution in [3.8, 4) is 17.2 Å². The number of ether oxygens (including phenoxy) is 2. The largest absolute Gasteiger partial charge is 0.507 e. The van der Waals surface area contributed by atoms with E-state index < -0.39 is 0 Å². The van der Waals surface area contributed by atoms with Crippen molar-refractivity contribution < 1.29 is 19.4 Å². The fourth-order valence-corrected chi connectivity index (χ4v) is 2.40. The smallest absolute Gasteiger partial charge is 0.193 e. The molecular weight excluding hydrogens is 348 g/mol. The van der Waals surface area contributed by atoms with E-state index in [9.17, 15) is 9.90 Å². The molecular formula is C17H15BrO4. The molecule has 22 heavy (non-hydrogen) atoms. The Kier molecular flexibility index (Phi) is 5.22. The first-order valence-corrected chi connectivity index (χ1v) is 7.28. The van der Waals surface area contributed by atoms with Gasteiger partial charge in [0, 0.05) is 10.0 Å². The minimum absolute atomic E-state index is 0.116. The van der Waals surface area contributed by atoms with Crippen LogP contribution in [0.4, 0.5) is 0 Å². The number of hydrogen-bond donors (Lipinski definition) is 1. The molecule has 0 unspecified atom stereocenters. The molecule has 2 aromatic carbocycles. The van der Waals surface area contributed by atoms with E-state index in [1.807, 2.05) is 12.1 Å². The third kappa shape index (κ3) is 3.49. The van der Waals surface area contributed by atoms with Crippen LogP contribution in [0.15, 0.2) is 46.9 Å². The molecule has 0 aliphatic rings. The molecule has 0 saturated carbocycles. The number of hydrogen-bond acceptors (Lipinski definition) is 4. The average molecular weight is 363 g/mol. The van der Waals surface area contributed by atoms with Crippen molar-refractivity contribution in [1.82, 2.24) is 0 Å². The molecule has 114 valence electrons. The van der Waals surface area contributed by atoms with Gasteiger partial charge in [0.1, 0.15) is 22.8 Å². The molecule has 0 fully saturated rings. The highest BCUT2D eigenvalue weighted by Gasteiger charge is 2.14. The van der Waals surface area contributed by atoms with Gasteiger partial charge in [-0.05, 0) is 42.5 Å². The van der Waals surface area contributed by atoms with Crippen LogP contribution >= 0.6 is 15.9 Å². The second-order valence-corrected chi connectivity index (χ2v) is 5.35. The third-order valence-electron chi connectivity index (χ3n) is 3.08. The van der Waals surface area contributed by atoms with E-state index in [-0.39, 0.29) is 17.1 Å². The maximum absolute atomic E-state index is 12.3. The topological polar surface area (TPSA) is 55.8 Å². The van der Waals surface area contributed by atoms with Gasteiger partial charge in [0.2, 0.25) is 0 Å². The number of phenolic OH excluding ortho intramolecular Hbond substituents is 1. The van der Waals surface area contributed by atoms with Crippen LogP contribution in [0.25, 0.3) is 6.08 Å². The Hall–Kier alpha value is -2.27. The van der Waals surface area contributed by atoms with Gasteiger partial charge in [0.15, 0.2) is 5.78 Å². The average Bonchev–Trinajstić information content (AvgIpc) is 2.52. The van der Waals surface area contributed by atoms with Crippen molar-refractivity contribution in [2.45, 2.75) is 0 Å². The van der Waals surface area contributed by atoms with E-state index in [0.717, 1.165) is 10.0 Å². The first-order valence-electron chi connectivity index (χ1n) is 6.48. The SMILES string of the molecule is COc1ccc(Br)cc1C=CC(=O)c1c(O)cccc1OC. The zero-order valence-corrected chi connectivity index (χ0v) is 13.8. The van der Waals surface area contributed by atoms with E-state index in [1.54, 1.807) is 31.4 Å². The molecule has 0 radical (unpaired) electrons. The van der Waals surface area contributed by atoms with E-state index >= 15 is 0 Å². The summed E-state index contributed by atoms with van der Waals surface area (Å²) in [7, 11) is 3.01. The van der Waals surface area contributed by atoms with Crippen molar-refractivity contribution in [3.63, 3.8) is 0 Å². The summed E-state index contributed by atoms with van der Waals surface area (Å²) >= 11 is 3.38. The van der Waals surface area contributed by atoms with Gasteiger partial charge in [0.25, 0.3) is 0 Å². The molecule has 5 heteroatoms. The van der Waals surface area contributed by atoms with E-state index in [0.29, 0.717) is 11.5 Å². The van der Waals surface area contributed by atoms with Crippen LogP contribution in [0, 0.1) is 0 Å². The van der Waals surface area contributed by atoms with Crippen LogP contribution in [-0.4, -0.2) is 25.1 Å². The van der Waals surface area contributed by atoms with Crippen LogP contribution in [-0.2, 0) is 0 Å². The predicted molar refractivity (Wildman–Crippen MR) is 88.7 cm³/mol. The zero-order chi connectivity index (χ0) is 16.1. The standard InChI is InChI=1S/C17H15BrO4/c1-21-15-9-7-12(18)10-11(15)6-8-14(20)17-13(19)4-3-5-16(17)22-2/h3-10,19H,1-2H3. The second kappa shape index (κ2) is 7.13. The molecule has 0 amide bonds. The number of ketones is 1. The lowest BCUT2D eigenvalue weighted by Gasteiger charge is -2.08. The summed E-state index contributed by atoms with van der Waals surface area (Å²) in [6, 6.07) is 10.2. The van der Waals surface area contributed by atoms with Crippen molar-refractivity contribution >= 4 is 27.8 Å². The minimum Gasteiger partial charge on any atom is -0.507 e. The van der Waals surface area contributed by atoms with Crippen molar-refractivity contribution in [3.05, 3.63) is 58.1 Å². The van der Waals surface area contributed by atoms with Gasteiger partial charge in [0.05, 0.1) is 14.2 Å². The number of rotatable bonds is 5. The number of carbonyl (C=O) groups excluding carboxylic acids is 1. The van der Waals surface area contributed by atoms with Gasteiger partial charge < -0.3 is 14.6 Å². The molecule has 0 spiro atoms. The summed E-state index contributed by atoms with van der Waals surface area (Å²) in [5.41, 5.74) is 0.884. The molecule has 0 aliphatic heterocycles. The quantitative estimate of drug-likeness (QED) is 0.643. The van der Waals surface area contributed by atoms with Gasteiger partial charge in [-0.15, -0.1) is 0 Å². The Morgan fingerprint density at radius 2 is 1.86 bits per heavy atom. The van der Waals surface area contributed by atoms with Crippen LogP contribution in [0.1, 0.15) is 15.9 Å². The monoisotopic (exact) mass is 362 g/mol. The summed E-state index contributed by atoms with van der Waals surface area (Å²) in [6.07, 6.45) is 3.01. The van der Waals surface area contributed by atoms with Gasteiger partial charge in [-0.3, -0.25) is 4.79 Å². The molecule has 0 atom stereocenters. The number of aromatic hydroxyl groups is 1. The van der Waals surface area contributed by atoms with Gasteiger partial charge >= 0.3 is 0 Å². The Bertz CT molecular complexity index is 723. The molecule has 0 heterocycles. The van der Waals surface area contributed by atoms with Gasteiger partial charge in [-0.2, -0.15) is 0 Å². The lowest BCUT2D eigenvalue weighted by Crippen LogP contribution is -1.99. The van der Waals surface area contributed by atoms with Gasteiger partial charge in [-0.25, -0.2) is 0 Å². The fourth-order valence-electron chi connectivity index (χ4n) is 2.02. The van der Waals surface area contributed by atoms with E-state index in [2.05, 4.69) is 15.9 Å². The summed E-state index contributed by atoms with van der Waals surface area (Å²) in [6.45, 7) is 0.